The number of hydrogen-bond donors (Lipinski definition) is 3. The molecule has 1 atom stereocenters. The normalized spacial score (nSPS) is 12.0. The van der Waals surface area contributed by atoms with Gasteiger partial charge in [-0.2, -0.15) is 0 Å². The Balaban J connectivity index is 0.00000529. The SMILES string of the molecule is CCCOC(=O)Nc1ccc(OCC(O)CNC(C)(C)C)cc1.Cl. The third kappa shape index (κ3) is 10.3. The number of halogens is 1. The first kappa shape index (κ1) is 22.5. The van der Waals surface area contributed by atoms with Crippen LogP contribution >= 0.6 is 12.4 Å². The fourth-order valence-corrected chi connectivity index (χ4v) is 1.66. The molecule has 3 N–H and O–H groups in total. The maximum atomic E-state index is 11.4. The summed E-state index contributed by atoms with van der Waals surface area (Å²) in [4.78, 5) is 11.4. The van der Waals surface area contributed by atoms with Crippen LogP contribution in [-0.2, 0) is 4.74 Å². The van der Waals surface area contributed by atoms with Crippen molar-refractivity contribution < 1.29 is 19.4 Å². The molecule has 0 heterocycles. The van der Waals surface area contributed by atoms with E-state index < -0.39 is 12.2 Å². The van der Waals surface area contributed by atoms with Gasteiger partial charge in [0.05, 0.1) is 6.61 Å². The molecule has 1 aromatic rings. The number of hydrogen-bond acceptors (Lipinski definition) is 5. The van der Waals surface area contributed by atoms with Crippen LogP contribution in [-0.4, -0.2) is 42.6 Å². The van der Waals surface area contributed by atoms with Gasteiger partial charge in [-0.3, -0.25) is 5.32 Å². The number of carbonyl (C=O) groups is 1. The van der Waals surface area contributed by atoms with Crippen LogP contribution in [0.3, 0.4) is 0 Å². The van der Waals surface area contributed by atoms with E-state index in [1.807, 2.05) is 27.7 Å². The second kappa shape index (κ2) is 11.1. The summed E-state index contributed by atoms with van der Waals surface area (Å²) in [7, 11) is 0. The van der Waals surface area contributed by atoms with E-state index in [9.17, 15) is 9.90 Å². The molecule has 1 aromatic carbocycles. The van der Waals surface area contributed by atoms with Gasteiger partial charge >= 0.3 is 6.09 Å². The average Bonchev–Trinajstić information content (AvgIpc) is 2.49. The topological polar surface area (TPSA) is 79.8 Å². The lowest BCUT2D eigenvalue weighted by Crippen LogP contribution is -2.42. The maximum absolute atomic E-state index is 11.4. The van der Waals surface area contributed by atoms with Gasteiger partial charge in [0.25, 0.3) is 0 Å². The van der Waals surface area contributed by atoms with Gasteiger partial charge in [-0.1, -0.05) is 6.92 Å². The second-order valence-corrected chi connectivity index (χ2v) is 6.38. The lowest BCUT2D eigenvalue weighted by atomic mass is 10.1. The predicted octanol–water partition coefficient (Wildman–Crippen LogP) is 3.19. The molecule has 0 spiro atoms. The van der Waals surface area contributed by atoms with E-state index in [-0.39, 0.29) is 24.6 Å². The summed E-state index contributed by atoms with van der Waals surface area (Å²) in [6, 6.07) is 6.92. The van der Waals surface area contributed by atoms with Crippen LogP contribution in [0.5, 0.6) is 5.75 Å². The molecule has 0 fully saturated rings. The van der Waals surface area contributed by atoms with Crippen molar-refractivity contribution in [3.8, 4) is 5.75 Å². The second-order valence-electron chi connectivity index (χ2n) is 6.38. The van der Waals surface area contributed by atoms with Crippen molar-refractivity contribution in [3.63, 3.8) is 0 Å². The number of benzene rings is 1. The molecule has 7 heteroatoms. The van der Waals surface area contributed by atoms with Crippen molar-refractivity contribution in [2.24, 2.45) is 0 Å². The number of rotatable bonds is 8. The van der Waals surface area contributed by atoms with E-state index in [0.717, 1.165) is 6.42 Å². The summed E-state index contributed by atoms with van der Waals surface area (Å²) in [6.07, 6.45) is -0.271. The van der Waals surface area contributed by atoms with Gasteiger partial charge in [0.1, 0.15) is 18.5 Å². The molecule has 0 aliphatic heterocycles. The Labute approximate surface area is 150 Å². The number of aliphatic hydroxyl groups is 1. The summed E-state index contributed by atoms with van der Waals surface area (Å²) in [5.41, 5.74) is 0.592. The predicted molar refractivity (Wildman–Crippen MR) is 98.2 cm³/mol. The Hall–Kier alpha value is -1.50. The lowest BCUT2D eigenvalue weighted by molar-refractivity contribution is 0.100. The zero-order chi connectivity index (χ0) is 17.3. The number of anilines is 1. The average molecular weight is 361 g/mol. The Morgan fingerprint density at radius 3 is 2.42 bits per heavy atom. The fourth-order valence-electron chi connectivity index (χ4n) is 1.66. The quantitative estimate of drug-likeness (QED) is 0.663. The standard InChI is InChI=1S/C17H28N2O4.ClH/c1-5-10-22-16(21)19-13-6-8-15(9-7-13)23-12-14(20)11-18-17(2,3)4;/h6-9,14,18,20H,5,10-12H2,1-4H3,(H,19,21);1H. The van der Waals surface area contributed by atoms with Crippen molar-refractivity contribution >= 4 is 24.2 Å². The molecule has 6 nitrogen and oxygen atoms in total. The van der Waals surface area contributed by atoms with Crippen LogP contribution < -0.4 is 15.4 Å². The summed E-state index contributed by atoms with van der Waals surface area (Å²) in [5, 5.41) is 15.7. The van der Waals surface area contributed by atoms with Crippen LogP contribution in [0.2, 0.25) is 0 Å². The number of aliphatic hydroxyl groups excluding tert-OH is 1. The monoisotopic (exact) mass is 360 g/mol. The first-order valence-electron chi connectivity index (χ1n) is 7.90. The molecule has 0 bridgehead atoms. The van der Waals surface area contributed by atoms with E-state index in [4.69, 9.17) is 9.47 Å². The molecule has 0 saturated heterocycles. The first-order valence-corrected chi connectivity index (χ1v) is 7.90. The van der Waals surface area contributed by atoms with Crippen molar-refractivity contribution in [2.75, 3.05) is 25.1 Å². The molecule has 0 aromatic heterocycles. The molecule has 1 unspecified atom stereocenters. The largest absolute Gasteiger partial charge is 0.491 e. The van der Waals surface area contributed by atoms with E-state index in [1.54, 1.807) is 24.3 Å². The van der Waals surface area contributed by atoms with E-state index >= 15 is 0 Å². The minimum atomic E-state index is -0.587. The molecular formula is C17H29ClN2O4. The lowest BCUT2D eigenvalue weighted by Gasteiger charge is -2.23. The number of β-amino-alcohol motifs (C(OH)–C–C–N with tert-alkyl or cyclic N) is 1. The molecule has 138 valence electrons. The molecule has 0 aliphatic carbocycles. The van der Waals surface area contributed by atoms with Gasteiger partial charge in [0.15, 0.2) is 0 Å². The van der Waals surface area contributed by atoms with Crippen LogP contribution in [0.4, 0.5) is 10.5 Å². The highest BCUT2D eigenvalue weighted by molar-refractivity contribution is 5.85. The van der Waals surface area contributed by atoms with Gasteiger partial charge in [0.2, 0.25) is 0 Å². The molecule has 0 aliphatic rings. The van der Waals surface area contributed by atoms with Gasteiger partial charge in [-0.15, -0.1) is 12.4 Å². The van der Waals surface area contributed by atoms with Crippen LogP contribution in [0, 0.1) is 0 Å². The van der Waals surface area contributed by atoms with Crippen molar-refractivity contribution in [2.45, 2.75) is 45.8 Å². The summed E-state index contributed by atoms with van der Waals surface area (Å²) >= 11 is 0. The highest BCUT2D eigenvalue weighted by atomic mass is 35.5. The molecular weight excluding hydrogens is 332 g/mol. The molecule has 24 heavy (non-hydrogen) atoms. The summed E-state index contributed by atoms with van der Waals surface area (Å²) in [5.74, 6) is 0.632. The molecule has 0 radical (unpaired) electrons. The van der Waals surface area contributed by atoms with Gasteiger partial charge < -0.3 is 19.9 Å². The highest BCUT2D eigenvalue weighted by Gasteiger charge is 2.12. The maximum Gasteiger partial charge on any atom is 0.411 e. The van der Waals surface area contributed by atoms with Crippen LogP contribution in [0.15, 0.2) is 24.3 Å². The van der Waals surface area contributed by atoms with Crippen LogP contribution in [0.1, 0.15) is 34.1 Å². The van der Waals surface area contributed by atoms with Gasteiger partial charge in [0, 0.05) is 17.8 Å². The van der Waals surface area contributed by atoms with E-state index in [0.29, 0.717) is 24.6 Å². The minimum Gasteiger partial charge on any atom is -0.491 e. The highest BCUT2D eigenvalue weighted by Crippen LogP contribution is 2.16. The number of ether oxygens (including phenoxy) is 2. The Morgan fingerprint density at radius 1 is 1.25 bits per heavy atom. The van der Waals surface area contributed by atoms with Crippen LogP contribution in [0.25, 0.3) is 0 Å². The fraction of sp³-hybridized carbons (Fsp3) is 0.588. The molecule has 0 saturated carbocycles. The van der Waals surface area contributed by atoms with E-state index in [2.05, 4.69) is 10.6 Å². The third-order valence-corrected chi connectivity index (χ3v) is 2.85. The van der Waals surface area contributed by atoms with Crippen molar-refractivity contribution in [1.82, 2.24) is 5.32 Å². The Bertz CT molecular complexity index is 474. The molecule has 1 rings (SSSR count). The van der Waals surface area contributed by atoms with E-state index in [1.165, 1.54) is 0 Å². The van der Waals surface area contributed by atoms with Crippen molar-refractivity contribution in [1.29, 1.82) is 0 Å². The Morgan fingerprint density at radius 2 is 1.88 bits per heavy atom. The minimum absolute atomic E-state index is 0. The number of carbonyl (C=O) groups excluding carboxylic acids is 1. The first-order chi connectivity index (χ1) is 10.8. The zero-order valence-corrected chi connectivity index (χ0v) is 15.6. The zero-order valence-electron chi connectivity index (χ0n) is 14.8. The van der Waals surface area contributed by atoms with Gasteiger partial charge in [-0.25, -0.2) is 4.79 Å². The smallest absolute Gasteiger partial charge is 0.411 e. The number of nitrogens with one attached hydrogen (secondary N) is 2. The van der Waals surface area contributed by atoms with Gasteiger partial charge in [-0.05, 0) is 51.5 Å². The number of amides is 1. The summed E-state index contributed by atoms with van der Waals surface area (Å²) < 4.78 is 10.5. The Kier molecular flexibility index (Phi) is 10.4. The third-order valence-electron chi connectivity index (χ3n) is 2.85. The summed E-state index contributed by atoms with van der Waals surface area (Å²) in [6.45, 7) is 9.12. The molecule has 1 amide bonds. The van der Waals surface area contributed by atoms with Crippen molar-refractivity contribution in [3.05, 3.63) is 24.3 Å².